The number of esters is 1. The average molecular weight is 586 g/mol. The van der Waals surface area contributed by atoms with Gasteiger partial charge in [0.15, 0.2) is 11.5 Å². The van der Waals surface area contributed by atoms with Crippen molar-refractivity contribution in [3.05, 3.63) is 65.2 Å². The zero-order valence-corrected chi connectivity index (χ0v) is 22.9. The average Bonchev–Trinajstić information content (AvgIpc) is 3.43. The molecule has 1 saturated heterocycles. The molecule has 1 fully saturated rings. The number of aromatic nitrogens is 1. The molecule has 0 radical (unpaired) electrons. The van der Waals surface area contributed by atoms with Crippen LogP contribution in [0.4, 0.5) is 8.78 Å². The molecule has 42 heavy (non-hydrogen) atoms. The molecule has 222 valence electrons. The topological polar surface area (TPSA) is 169 Å². The van der Waals surface area contributed by atoms with Crippen molar-refractivity contribution in [3.8, 4) is 34.8 Å². The van der Waals surface area contributed by atoms with Crippen LogP contribution in [-0.2, 0) is 9.53 Å². The molecule has 2 atom stereocenters. The monoisotopic (exact) mass is 585 g/mol. The number of hydrogen-bond donors (Lipinski definition) is 4. The number of phenols is 1. The number of phenolic OH excluding ortho intramolecular Hbond substituents is 1. The summed E-state index contributed by atoms with van der Waals surface area (Å²) in [5, 5.41) is 20.8. The van der Waals surface area contributed by atoms with Gasteiger partial charge in [0.2, 0.25) is 17.4 Å². The first-order valence-electron chi connectivity index (χ1n) is 12.8. The first-order chi connectivity index (χ1) is 20.0. The van der Waals surface area contributed by atoms with Crippen molar-refractivity contribution >= 4 is 17.7 Å². The van der Waals surface area contributed by atoms with E-state index in [1.165, 1.54) is 47.4 Å². The Morgan fingerprint density at radius 2 is 1.83 bits per heavy atom. The Morgan fingerprint density at radius 1 is 1.12 bits per heavy atom. The van der Waals surface area contributed by atoms with E-state index in [1.807, 2.05) is 0 Å². The largest absolute Gasteiger partial charge is 0.504 e. The van der Waals surface area contributed by atoms with E-state index in [0.717, 1.165) is 0 Å². The lowest BCUT2D eigenvalue weighted by Gasteiger charge is -2.18. The van der Waals surface area contributed by atoms with Crippen molar-refractivity contribution in [1.29, 1.82) is 5.41 Å². The molecule has 3 aromatic rings. The maximum atomic E-state index is 15.7. The molecule has 0 saturated carbocycles. The third kappa shape index (κ3) is 6.66. The van der Waals surface area contributed by atoms with Crippen molar-refractivity contribution < 1.29 is 42.4 Å². The predicted molar refractivity (Wildman–Crippen MR) is 145 cm³/mol. The quantitative estimate of drug-likeness (QED) is 0.157. The van der Waals surface area contributed by atoms with Crippen molar-refractivity contribution in [2.45, 2.75) is 25.5 Å². The summed E-state index contributed by atoms with van der Waals surface area (Å²) in [6, 6.07) is 8.78. The Bertz CT molecular complexity index is 1520. The maximum Gasteiger partial charge on any atom is 0.323 e. The zero-order valence-electron chi connectivity index (χ0n) is 22.9. The minimum atomic E-state index is -1.36. The molecular weight excluding hydrogens is 556 g/mol. The highest BCUT2D eigenvalue weighted by Gasteiger charge is 2.35. The van der Waals surface area contributed by atoms with Gasteiger partial charge in [-0.2, -0.15) is 13.8 Å². The van der Waals surface area contributed by atoms with Crippen LogP contribution in [0, 0.1) is 17.0 Å². The number of rotatable bonds is 10. The van der Waals surface area contributed by atoms with Gasteiger partial charge in [0.25, 0.3) is 17.7 Å². The van der Waals surface area contributed by atoms with Crippen LogP contribution in [0.5, 0.6) is 34.8 Å². The van der Waals surface area contributed by atoms with Gasteiger partial charge >= 0.3 is 5.97 Å². The Kier molecular flexibility index (Phi) is 9.06. The minimum Gasteiger partial charge on any atom is -0.504 e. The van der Waals surface area contributed by atoms with Gasteiger partial charge < -0.3 is 40.0 Å². The number of aromatic hydroxyl groups is 1. The molecule has 5 N–H and O–H groups in total. The van der Waals surface area contributed by atoms with Gasteiger partial charge in [-0.1, -0.05) is 6.07 Å². The fourth-order valence-corrected chi connectivity index (χ4v) is 4.03. The first-order valence-corrected chi connectivity index (χ1v) is 12.8. The van der Waals surface area contributed by atoms with E-state index in [0.29, 0.717) is 0 Å². The number of amides is 1. The third-order valence-corrected chi connectivity index (χ3v) is 6.10. The number of nitrogens with zero attached hydrogens (tertiary/aromatic N) is 2. The van der Waals surface area contributed by atoms with E-state index in [-0.39, 0.29) is 53.9 Å². The highest BCUT2D eigenvalue weighted by atomic mass is 19.1. The van der Waals surface area contributed by atoms with Crippen molar-refractivity contribution in [1.82, 2.24) is 15.2 Å². The molecule has 12 nitrogen and oxygen atoms in total. The Morgan fingerprint density at radius 3 is 2.50 bits per heavy atom. The Labute approximate surface area is 239 Å². The number of pyridine rings is 1. The van der Waals surface area contributed by atoms with Gasteiger partial charge in [0.1, 0.15) is 23.7 Å². The van der Waals surface area contributed by atoms with E-state index in [1.54, 1.807) is 21.0 Å². The number of benzene rings is 2. The normalized spacial score (nSPS) is 16.0. The summed E-state index contributed by atoms with van der Waals surface area (Å²) in [5.41, 5.74) is 5.90. The van der Waals surface area contributed by atoms with Crippen LogP contribution in [0.15, 0.2) is 42.5 Å². The van der Waals surface area contributed by atoms with Gasteiger partial charge in [-0.15, -0.1) is 0 Å². The fourth-order valence-electron chi connectivity index (χ4n) is 4.03. The lowest BCUT2D eigenvalue weighted by atomic mass is 10.2. The smallest absolute Gasteiger partial charge is 0.323 e. The first kappa shape index (κ1) is 30.0. The van der Waals surface area contributed by atoms with Crippen molar-refractivity contribution in [2.75, 3.05) is 27.2 Å². The van der Waals surface area contributed by atoms with Gasteiger partial charge in [-0.25, -0.2) is 0 Å². The summed E-state index contributed by atoms with van der Waals surface area (Å²) in [6.07, 6.45) is -0.787. The molecule has 0 bridgehead atoms. The predicted octanol–water partition coefficient (Wildman–Crippen LogP) is 3.31. The highest BCUT2D eigenvalue weighted by molar-refractivity contribution is 5.95. The molecule has 1 aliphatic rings. The van der Waals surface area contributed by atoms with E-state index < -0.39 is 53.0 Å². The highest BCUT2D eigenvalue weighted by Crippen LogP contribution is 2.40. The summed E-state index contributed by atoms with van der Waals surface area (Å²) in [5.74, 6) is -7.16. The number of ether oxygens (including phenoxy) is 4. The number of amidine groups is 1. The van der Waals surface area contributed by atoms with Crippen LogP contribution < -0.4 is 25.3 Å². The minimum absolute atomic E-state index is 0.00365. The van der Waals surface area contributed by atoms with Gasteiger partial charge in [-0.3, -0.25) is 15.0 Å². The van der Waals surface area contributed by atoms with E-state index >= 15 is 8.78 Å². The zero-order chi connectivity index (χ0) is 30.6. The standard InChI is InChI=1S/C28H29F2N5O7/c1-4-39-28(38)18-12-17(13-33-18)40-23-21(29)25(41-16-7-5-6-15(10-16)27(37)35(2)3)34-26(22(23)30)42-20-11-14(24(31)32)8-9-19(20)36/h5-11,17-18,33,36H,4,12-13H2,1-3H3,(H3,31,32). The lowest BCUT2D eigenvalue weighted by Crippen LogP contribution is -2.32. The maximum absolute atomic E-state index is 15.7. The fraction of sp³-hybridized carbons (Fsp3) is 0.286. The molecule has 2 unspecified atom stereocenters. The molecule has 4 rings (SSSR count). The number of hydrogen-bond acceptors (Lipinski definition) is 10. The molecule has 2 aromatic carbocycles. The number of nitrogen functional groups attached to an aromatic ring is 1. The molecule has 0 spiro atoms. The summed E-state index contributed by atoms with van der Waals surface area (Å²) in [6.45, 7) is 1.89. The molecular formula is C28H29F2N5O7. The summed E-state index contributed by atoms with van der Waals surface area (Å²) in [7, 11) is 3.12. The Balaban J connectivity index is 1.73. The van der Waals surface area contributed by atoms with E-state index in [2.05, 4.69) is 10.3 Å². The van der Waals surface area contributed by atoms with Crippen LogP contribution in [0.25, 0.3) is 0 Å². The van der Waals surface area contributed by atoms with Crippen molar-refractivity contribution in [2.24, 2.45) is 5.73 Å². The molecule has 0 aliphatic carbocycles. The van der Waals surface area contributed by atoms with Crippen LogP contribution >= 0.6 is 0 Å². The molecule has 2 heterocycles. The number of nitrogens with two attached hydrogens (primary N) is 1. The number of carbonyl (C=O) groups excluding carboxylic acids is 2. The van der Waals surface area contributed by atoms with E-state index in [4.69, 9.17) is 30.1 Å². The molecule has 1 aromatic heterocycles. The number of nitrogens with one attached hydrogen (secondary N) is 2. The van der Waals surface area contributed by atoms with Crippen LogP contribution in [0.1, 0.15) is 29.3 Å². The molecule has 1 amide bonds. The number of carbonyl (C=O) groups is 2. The van der Waals surface area contributed by atoms with Crippen LogP contribution in [-0.4, -0.2) is 72.1 Å². The third-order valence-electron chi connectivity index (χ3n) is 6.10. The number of halogens is 2. The second kappa shape index (κ2) is 12.7. The van der Waals surface area contributed by atoms with Gasteiger partial charge in [0.05, 0.1) is 6.61 Å². The summed E-state index contributed by atoms with van der Waals surface area (Å²) >= 11 is 0. The van der Waals surface area contributed by atoms with Crippen molar-refractivity contribution in [3.63, 3.8) is 0 Å². The Hall–Kier alpha value is -4.98. The lowest BCUT2D eigenvalue weighted by molar-refractivity contribution is -0.145. The second-order valence-corrected chi connectivity index (χ2v) is 9.40. The van der Waals surface area contributed by atoms with E-state index in [9.17, 15) is 14.7 Å². The van der Waals surface area contributed by atoms with Crippen LogP contribution in [0.2, 0.25) is 0 Å². The SMILES string of the molecule is CCOC(=O)C1CC(Oc2c(F)c(Oc3cccc(C(=O)N(C)C)c3)nc(Oc3cc(C(=N)N)ccc3O)c2F)CN1. The summed E-state index contributed by atoms with van der Waals surface area (Å²) < 4.78 is 53.1. The van der Waals surface area contributed by atoms with Gasteiger partial charge in [-0.05, 0) is 43.3 Å². The van der Waals surface area contributed by atoms with Crippen LogP contribution in [0.3, 0.4) is 0 Å². The molecule has 1 aliphatic heterocycles. The summed E-state index contributed by atoms with van der Waals surface area (Å²) in [4.78, 5) is 29.7. The molecule has 14 heteroatoms. The van der Waals surface area contributed by atoms with Gasteiger partial charge in [0, 0.05) is 38.2 Å². The second-order valence-electron chi connectivity index (χ2n) is 9.40.